The number of hydrogen-bond acceptors (Lipinski definition) is 3. The monoisotopic (exact) mass is 243 g/mol. The lowest BCUT2D eigenvalue weighted by atomic mass is 9.94. The maximum Gasteiger partial charge on any atom is 0.409 e. The van der Waals surface area contributed by atoms with E-state index in [2.05, 4.69) is 0 Å². The van der Waals surface area contributed by atoms with Crippen LogP contribution in [0, 0.1) is 0 Å². The molecule has 1 saturated carbocycles. The molecule has 1 aliphatic carbocycles. The van der Waals surface area contributed by atoms with Crippen LogP contribution in [0.1, 0.15) is 45.4 Å². The summed E-state index contributed by atoms with van der Waals surface area (Å²) in [6.07, 6.45) is 6.71. The number of carbonyl (C=O) groups excluding carboxylic acids is 1. The first kappa shape index (κ1) is 14.3. The third kappa shape index (κ3) is 4.94. The van der Waals surface area contributed by atoms with Gasteiger partial charge in [0, 0.05) is 26.3 Å². The Morgan fingerprint density at radius 2 is 2.00 bits per heavy atom. The van der Waals surface area contributed by atoms with E-state index in [-0.39, 0.29) is 6.09 Å². The van der Waals surface area contributed by atoms with Crippen LogP contribution in [0.5, 0.6) is 0 Å². The highest BCUT2D eigenvalue weighted by atomic mass is 16.6. The van der Waals surface area contributed by atoms with Crippen LogP contribution in [-0.2, 0) is 9.47 Å². The van der Waals surface area contributed by atoms with E-state index in [0.717, 1.165) is 25.8 Å². The van der Waals surface area contributed by atoms with Gasteiger partial charge in [-0.25, -0.2) is 4.79 Å². The highest BCUT2D eigenvalue weighted by molar-refractivity contribution is 5.68. The van der Waals surface area contributed by atoms with Gasteiger partial charge in [0.15, 0.2) is 0 Å². The van der Waals surface area contributed by atoms with Crippen molar-refractivity contribution in [2.45, 2.75) is 51.5 Å². The molecule has 0 heterocycles. The molecule has 1 amide bonds. The van der Waals surface area contributed by atoms with E-state index >= 15 is 0 Å². The van der Waals surface area contributed by atoms with Crippen molar-refractivity contribution in [2.75, 3.05) is 26.9 Å². The van der Waals surface area contributed by atoms with Gasteiger partial charge in [-0.1, -0.05) is 19.3 Å². The molecule has 1 aliphatic rings. The number of nitrogens with zero attached hydrogens (tertiary/aromatic N) is 1. The molecule has 4 nitrogen and oxygen atoms in total. The molecule has 1 rings (SSSR count). The van der Waals surface area contributed by atoms with Gasteiger partial charge in [-0.05, 0) is 26.2 Å². The Hall–Kier alpha value is -0.770. The minimum atomic E-state index is -0.157. The van der Waals surface area contributed by atoms with Crippen LogP contribution in [0.2, 0.25) is 0 Å². The van der Waals surface area contributed by atoms with Crippen molar-refractivity contribution in [3.8, 4) is 0 Å². The molecular formula is C13H25NO3. The van der Waals surface area contributed by atoms with Crippen LogP contribution >= 0.6 is 0 Å². The highest BCUT2D eigenvalue weighted by Crippen LogP contribution is 2.23. The number of hydrogen-bond donors (Lipinski definition) is 0. The molecule has 0 saturated heterocycles. The molecule has 0 aromatic carbocycles. The summed E-state index contributed by atoms with van der Waals surface area (Å²) in [5, 5.41) is 0. The average Bonchev–Trinajstić information content (AvgIpc) is 2.36. The summed E-state index contributed by atoms with van der Waals surface area (Å²) < 4.78 is 10.2. The maximum absolute atomic E-state index is 11.9. The fourth-order valence-corrected chi connectivity index (χ4v) is 2.40. The van der Waals surface area contributed by atoms with Crippen molar-refractivity contribution in [3.05, 3.63) is 0 Å². The Bertz CT molecular complexity index is 215. The van der Waals surface area contributed by atoms with Crippen LogP contribution in [-0.4, -0.2) is 43.9 Å². The van der Waals surface area contributed by atoms with E-state index in [9.17, 15) is 4.79 Å². The summed E-state index contributed by atoms with van der Waals surface area (Å²) in [7, 11) is 1.69. The average molecular weight is 243 g/mol. The lowest BCUT2D eigenvalue weighted by Gasteiger charge is -2.33. The van der Waals surface area contributed by atoms with Gasteiger partial charge in [0.05, 0.1) is 6.61 Å². The normalized spacial score (nSPS) is 16.8. The lowest BCUT2D eigenvalue weighted by molar-refractivity contribution is 0.0750. The van der Waals surface area contributed by atoms with Gasteiger partial charge in [0.2, 0.25) is 0 Å². The Kier molecular flexibility index (Phi) is 7.01. The zero-order chi connectivity index (χ0) is 12.5. The van der Waals surface area contributed by atoms with Gasteiger partial charge in [0.1, 0.15) is 0 Å². The quantitative estimate of drug-likeness (QED) is 0.673. The Labute approximate surface area is 104 Å². The van der Waals surface area contributed by atoms with Gasteiger partial charge in [-0.3, -0.25) is 0 Å². The molecule has 100 valence electrons. The third-order valence-corrected chi connectivity index (χ3v) is 3.27. The van der Waals surface area contributed by atoms with Crippen molar-refractivity contribution in [3.63, 3.8) is 0 Å². The van der Waals surface area contributed by atoms with Crippen molar-refractivity contribution in [1.82, 2.24) is 4.90 Å². The molecule has 0 radical (unpaired) electrons. The molecule has 0 aromatic rings. The Morgan fingerprint density at radius 3 is 2.59 bits per heavy atom. The molecule has 0 aromatic heterocycles. The molecule has 0 N–H and O–H groups in total. The number of carbonyl (C=O) groups is 1. The SMILES string of the molecule is CCOC(=O)N(CCCOC)C1CCCCC1. The number of rotatable bonds is 6. The molecule has 0 bridgehead atoms. The van der Waals surface area contributed by atoms with E-state index in [1.54, 1.807) is 7.11 Å². The fourth-order valence-electron chi connectivity index (χ4n) is 2.40. The summed E-state index contributed by atoms with van der Waals surface area (Å²) in [6, 6.07) is 0.375. The zero-order valence-corrected chi connectivity index (χ0v) is 11.1. The molecule has 0 aliphatic heterocycles. The van der Waals surface area contributed by atoms with E-state index in [4.69, 9.17) is 9.47 Å². The largest absolute Gasteiger partial charge is 0.450 e. The van der Waals surface area contributed by atoms with Crippen molar-refractivity contribution < 1.29 is 14.3 Å². The highest BCUT2D eigenvalue weighted by Gasteiger charge is 2.25. The Balaban J connectivity index is 2.47. The van der Waals surface area contributed by atoms with Crippen LogP contribution in [0.4, 0.5) is 4.79 Å². The standard InChI is InChI=1S/C13H25NO3/c1-3-17-13(15)14(10-7-11-16-2)12-8-5-4-6-9-12/h12H,3-11H2,1-2H3. The first-order valence-electron chi connectivity index (χ1n) is 6.72. The zero-order valence-electron chi connectivity index (χ0n) is 11.1. The van der Waals surface area contributed by atoms with Crippen LogP contribution in [0.3, 0.4) is 0 Å². The topological polar surface area (TPSA) is 38.8 Å². The second-order valence-electron chi connectivity index (χ2n) is 4.53. The summed E-state index contributed by atoms with van der Waals surface area (Å²) >= 11 is 0. The second kappa shape index (κ2) is 8.34. The van der Waals surface area contributed by atoms with E-state index in [1.165, 1.54) is 19.3 Å². The summed E-state index contributed by atoms with van der Waals surface area (Å²) in [5.41, 5.74) is 0. The lowest BCUT2D eigenvalue weighted by Crippen LogP contribution is -2.42. The molecule has 0 spiro atoms. The first-order valence-corrected chi connectivity index (χ1v) is 6.72. The van der Waals surface area contributed by atoms with Gasteiger partial charge in [0.25, 0.3) is 0 Å². The van der Waals surface area contributed by atoms with Gasteiger partial charge in [-0.15, -0.1) is 0 Å². The number of amides is 1. The minimum absolute atomic E-state index is 0.157. The predicted molar refractivity (Wildman–Crippen MR) is 67.1 cm³/mol. The smallest absolute Gasteiger partial charge is 0.409 e. The van der Waals surface area contributed by atoms with Crippen LogP contribution in [0.25, 0.3) is 0 Å². The van der Waals surface area contributed by atoms with Gasteiger partial charge < -0.3 is 14.4 Å². The number of methoxy groups -OCH3 is 1. The summed E-state index contributed by atoms with van der Waals surface area (Å²) in [4.78, 5) is 13.8. The molecule has 1 fully saturated rings. The van der Waals surface area contributed by atoms with Crippen LogP contribution in [0.15, 0.2) is 0 Å². The Morgan fingerprint density at radius 1 is 1.29 bits per heavy atom. The minimum Gasteiger partial charge on any atom is -0.450 e. The number of ether oxygens (including phenoxy) is 2. The van der Waals surface area contributed by atoms with Crippen molar-refractivity contribution >= 4 is 6.09 Å². The van der Waals surface area contributed by atoms with Crippen LogP contribution < -0.4 is 0 Å². The van der Waals surface area contributed by atoms with Gasteiger partial charge >= 0.3 is 6.09 Å². The van der Waals surface area contributed by atoms with Gasteiger partial charge in [-0.2, -0.15) is 0 Å². The second-order valence-corrected chi connectivity index (χ2v) is 4.53. The third-order valence-electron chi connectivity index (χ3n) is 3.27. The predicted octanol–water partition coefficient (Wildman–Crippen LogP) is 2.81. The summed E-state index contributed by atoms with van der Waals surface area (Å²) in [5.74, 6) is 0. The molecular weight excluding hydrogens is 218 g/mol. The molecule has 0 atom stereocenters. The maximum atomic E-state index is 11.9. The fraction of sp³-hybridized carbons (Fsp3) is 0.923. The van der Waals surface area contributed by atoms with E-state index < -0.39 is 0 Å². The van der Waals surface area contributed by atoms with E-state index in [1.807, 2.05) is 11.8 Å². The molecule has 4 heteroatoms. The summed E-state index contributed by atoms with van der Waals surface area (Å²) in [6.45, 7) is 3.75. The molecule has 0 unspecified atom stereocenters. The first-order chi connectivity index (χ1) is 8.29. The van der Waals surface area contributed by atoms with Crippen molar-refractivity contribution in [2.24, 2.45) is 0 Å². The van der Waals surface area contributed by atoms with E-state index in [0.29, 0.717) is 19.3 Å². The van der Waals surface area contributed by atoms with Crippen molar-refractivity contribution in [1.29, 1.82) is 0 Å². The molecule has 17 heavy (non-hydrogen) atoms.